The molecule has 0 aliphatic carbocycles. The van der Waals surface area contributed by atoms with Gasteiger partial charge in [0.25, 0.3) is 5.91 Å². The molecule has 2 aromatic rings. The van der Waals surface area contributed by atoms with Crippen LogP contribution in [0.25, 0.3) is 0 Å². The number of likely N-dealkylation sites (tertiary alicyclic amines) is 1. The van der Waals surface area contributed by atoms with Crippen molar-refractivity contribution in [3.8, 4) is 17.2 Å². The topological polar surface area (TPSA) is 94.6 Å². The van der Waals surface area contributed by atoms with E-state index in [0.717, 1.165) is 18.7 Å². The SMILES string of the molecule is COc1ccc(C2C(C(=O)c3ccc(OC)c(C)c3)C(=O)C(=O)N2CCN2CCOCC2)c(OC)c1. The molecular weight excluding hydrogens is 464 g/mol. The normalized spacial score (nSPS) is 20.5. The van der Waals surface area contributed by atoms with Crippen LogP contribution >= 0.6 is 0 Å². The molecule has 2 saturated heterocycles. The van der Waals surface area contributed by atoms with Gasteiger partial charge in [-0.1, -0.05) is 0 Å². The van der Waals surface area contributed by atoms with Crippen LogP contribution in [0, 0.1) is 12.8 Å². The zero-order valence-corrected chi connectivity index (χ0v) is 21.1. The predicted molar refractivity (Wildman–Crippen MR) is 132 cm³/mol. The number of hydrogen-bond acceptors (Lipinski definition) is 8. The minimum Gasteiger partial charge on any atom is -0.497 e. The fourth-order valence-corrected chi connectivity index (χ4v) is 4.92. The van der Waals surface area contributed by atoms with E-state index in [1.54, 1.807) is 50.6 Å². The molecule has 9 nitrogen and oxygen atoms in total. The highest BCUT2D eigenvalue weighted by molar-refractivity contribution is 6.44. The predicted octanol–water partition coefficient (Wildman–Crippen LogP) is 2.30. The van der Waals surface area contributed by atoms with E-state index in [-0.39, 0.29) is 0 Å². The number of nitrogens with zero attached hydrogens (tertiary/aromatic N) is 2. The highest BCUT2D eigenvalue weighted by Gasteiger charge is 2.52. The number of carbonyl (C=O) groups excluding carboxylic acids is 3. The van der Waals surface area contributed by atoms with Gasteiger partial charge in [0, 0.05) is 43.4 Å². The molecule has 2 aromatic carbocycles. The molecule has 0 saturated carbocycles. The third-order valence-corrected chi connectivity index (χ3v) is 6.89. The van der Waals surface area contributed by atoms with Crippen molar-refractivity contribution < 1.29 is 33.3 Å². The second kappa shape index (κ2) is 11.1. The quantitative estimate of drug-likeness (QED) is 0.297. The molecule has 0 spiro atoms. The molecule has 4 rings (SSSR count). The summed E-state index contributed by atoms with van der Waals surface area (Å²) < 4.78 is 21.7. The Morgan fingerprint density at radius 3 is 2.31 bits per heavy atom. The number of carbonyl (C=O) groups is 3. The molecule has 0 aromatic heterocycles. The fraction of sp³-hybridized carbons (Fsp3) is 0.444. The van der Waals surface area contributed by atoms with Gasteiger partial charge < -0.3 is 23.8 Å². The summed E-state index contributed by atoms with van der Waals surface area (Å²) >= 11 is 0. The van der Waals surface area contributed by atoms with Crippen LogP contribution in [0.4, 0.5) is 0 Å². The number of amides is 1. The van der Waals surface area contributed by atoms with Crippen molar-refractivity contribution in [3.63, 3.8) is 0 Å². The van der Waals surface area contributed by atoms with Gasteiger partial charge in [-0.2, -0.15) is 0 Å². The van der Waals surface area contributed by atoms with Crippen LogP contribution in [0.3, 0.4) is 0 Å². The van der Waals surface area contributed by atoms with Crippen molar-refractivity contribution in [2.45, 2.75) is 13.0 Å². The number of Topliss-reactive ketones (excluding diaryl/α,β-unsaturated/α-hetero) is 2. The highest BCUT2D eigenvalue weighted by atomic mass is 16.5. The fourth-order valence-electron chi connectivity index (χ4n) is 4.92. The van der Waals surface area contributed by atoms with Crippen LogP contribution in [-0.4, -0.2) is 88.0 Å². The van der Waals surface area contributed by atoms with Crippen LogP contribution in [0.2, 0.25) is 0 Å². The van der Waals surface area contributed by atoms with Gasteiger partial charge in [-0.05, 0) is 42.8 Å². The maximum atomic E-state index is 13.8. The minimum atomic E-state index is -1.20. The average molecular weight is 497 g/mol. The maximum Gasteiger partial charge on any atom is 0.291 e. The average Bonchev–Trinajstić information content (AvgIpc) is 3.16. The van der Waals surface area contributed by atoms with Crippen molar-refractivity contribution in [2.75, 3.05) is 60.7 Å². The first-order valence-electron chi connectivity index (χ1n) is 11.9. The molecule has 2 unspecified atom stereocenters. The molecule has 2 aliphatic heterocycles. The van der Waals surface area contributed by atoms with E-state index in [0.29, 0.717) is 54.7 Å². The smallest absolute Gasteiger partial charge is 0.291 e. The number of ether oxygens (including phenoxy) is 4. The van der Waals surface area contributed by atoms with Crippen LogP contribution in [-0.2, 0) is 14.3 Å². The maximum absolute atomic E-state index is 13.8. The van der Waals surface area contributed by atoms with Gasteiger partial charge in [-0.15, -0.1) is 0 Å². The second-order valence-corrected chi connectivity index (χ2v) is 8.90. The summed E-state index contributed by atoms with van der Waals surface area (Å²) in [4.78, 5) is 44.1. The lowest BCUT2D eigenvalue weighted by Crippen LogP contribution is -2.43. The van der Waals surface area contributed by atoms with Gasteiger partial charge in [-0.3, -0.25) is 19.3 Å². The Hall–Kier alpha value is -3.43. The molecule has 0 bridgehead atoms. The van der Waals surface area contributed by atoms with Crippen LogP contribution in [0.1, 0.15) is 27.5 Å². The Labute approximate surface area is 210 Å². The monoisotopic (exact) mass is 496 g/mol. The molecule has 9 heteroatoms. The minimum absolute atomic E-state index is 0.301. The van der Waals surface area contributed by atoms with Crippen molar-refractivity contribution in [1.29, 1.82) is 0 Å². The van der Waals surface area contributed by atoms with Crippen molar-refractivity contribution in [3.05, 3.63) is 53.1 Å². The zero-order valence-electron chi connectivity index (χ0n) is 21.1. The van der Waals surface area contributed by atoms with Crippen LogP contribution < -0.4 is 14.2 Å². The van der Waals surface area contributed by atoms with E-state index in [2.05, 4.69) is 4.90 Å². The molecule has 2 fully saturated rings. The highest BCUT2D eigenvalue weighted by Crippen LogP contribution is 2.43. The summed E-state index contributed by atoms with van der Waals surface area (Å²) in [5, 5.41) is 0. The lowest BCUT2D eigenvalue weighted by Gasteiger charge is -2.32. The molecular formula is C27H32N2O7. The number of methoxy groups -OCH3 is 3. The van der Waals surface area contributed by atoms with Crippen LogP contribution in [0.5, 0.6) is 17.2 Å². The Balaban J connectivity index is 1.74. The number of ketones is 2. The number of benzene rings is 2. The van der Waals surface area contributed by atoms with E-state index in [1.165, 1.54) is 12.0 Å². The standard InChI is InChI=1S/C27H32N2O7/c1-17-15-18(5-8-21(17)34-3)25(30)23-24(20-7-6-19(33-2)16-22(20)35-4)29(27(32)26(23)31)10-9-28-11-13-36-14-12-28/h5-8,15-16,23-24H,9-14H2,1-4H3. The number of rotatable bonds is 9. The Kier molecular flexibility index (Phi) is 7.91. The summed E-state index contributed by atoms with van der Waals surface area (Å²) in [7, 11) is 4.62. The van der Waals surface area contributed by atoms with Gasteiger partial charge in [0.15, 0.2) is 5.78 Å². The number of aryl methyl sites for hydroxylation is 1. The van der Waals surface area contributed by atoms with E-state index in [1.807, 2.05) is 6.92 Å². The molecule has 0 radical (unpaired) electrons. The first kappa shape index (κ1) is 25.7. The summed E-state index contributed by atoms with van der Waals surface area (Å²) in [6.07, 6.45) is 0. The Morgan fingerprint density at radius 2 is 1.67 bits per heavy atom. The summed E-state index contributed by atoms with van der Waals surface area (Å²) in [6.45, 7) is 5.45. The number of morpholine rings is 1. The van der Waals surface area contributed by atoms with Crippen molar-refractivity contribution in [1.82, 2.24) is 9.80 Å². The lowest BCUT2D eigenvalue weighted by molar-refractivity contribution is -0.141. The van der Waals surface area contributed by atoms with Gasteiger partial charge in [0.2, 0.25) is 5.78 Å². The molecule has 1 amide bonds. The first-order valence-corrected chi connectivity index (χ1v) is 11.9. The van der Waals surface area contributed by atoms with Gasteiger partial charge in [0.1, 0.15) is 23.2 Å². The third-order valence-electron chi connectivity index (χ3n) is 6.89. The summed E-state index contributed by atoms with van der Waals surface area (Å²) in [5.41, 5.74) is 1.71. The molecule has 2 aliphatic rings. The second-order valence-electron chi connectivity index (χ2n) is 8.90. The summed E-state index contributed by atoms with van der Waals surface area (Å²) in [6, 6.07) is 9.41. The largest absolute Gasteiger partial charge is 0.497 e. The molecule has 2 atom stereocenters. The van der Waals surface area contributed by atoms with E-state index in [4.69, 9.17) is 18.9 Å². The van der Waals surface area contributed by atoms with Crippen LogP contribution in [0.15, 0.2) is 36.4 Å². The zero-order chi connectivity index (χ0) is 25.8. The van der Waals surface area contributed by atoms with E-state index in [9.17, 15) is 14.4 Å². The third kappa shape index (κ3) is 4.94. The number of hydrogen-bond donors (Lipinski definition) is 0. The van der Waals surface area contributed by atoms with E-state index < -0.39 is 29.4 Å². The van der Waals surface area contributed by atoms with Gasteiger partial charge in [-0.25, -0.2) is 0 Å². The molecule has 2 heterocycles. The summed E-state index contributed by atoms with van der Waals surface area (Å²) in [5.74, 6) is -1.32. The van der Waals surface area contributed by atoms with Gasteiger partial charge in [0.05, 0.1) is 40.6 Å². The van der Waals surface area contributed by atoms with Gasteiger partial charge >= 0.3 is 0 Å². The molecule has 192 valence electrons. The first-order chi connectivity index (χ1) is 17.4. The lowest BCUT2D eigenvalue weighted by atomic mass is 9.85. The van der Waals surface area contributed by atoms with Crippen molar-refractivity contribution in [2.24, 2.45) is 5.92 Å². The van der Waals surface area contributed by atoms with Crippen molar-refractivity contribution >= 4 is 17.5 Å². The molecule has 36 heavy (non-hydrogen) atoms. The Morgan fingerprint density at radius 1 is 0.944 bits per heavy atom. The van der Waals surface area contributed by atoms with E-state index >= 15 is 0 Å². The molecule has 0 N–H and O–H groups in total. The Bertz CT molecular complexity index is 1140.